The standard InChI is InChI=1S/C18H21NO3/c1-2-3-13-4-8-15(9-5-13)21-12-16-10-11-17(22-16)18(20)19-14-6-7-14/h4-5,8-11,14H,2-3,6-7,12H2,1H3,(H,19,20). The number of nitrogens with one attached hydrogen (secondary N) is 1. The van der Waals surface area contributed by atoms with Gasteiger partial charge in [0.1, 0.15) is 18.1 Å². The van der Waals surface area contributed by atoms with Gasteiger partial charge in [0.05, 0.1) is 0 Å². The summed E-state index contributed by atoms with van der Waals surface area (Å²) in [5, 5.41) is 2.90. The number of carbonyl (C=O) groups excluding carboxylic acids is 1. The third kappa shape index (κ3) is 3.91. The largest absolute Gasteiger partial charge is 0.486 e. The Kier molecular flexibility index (Phi) is 4.47. The number of furan rings is 1. The molecule has 1 aliphatic carbocycles. The molecule has 1 heterocycles. The van der Waals surface area contributed by atoms with Gasteiger partial charge in [-0.3, -0.25) is 4.79 Å². The topological polar surface area (TPSA) is 51.5 Å². The van der Waals surface area contributed by atoms with E-state index >= 15 is 0 Å². The Hall–Kier alpha value is -2.23. The molecule has 22 heavy (non-hydrogen) atoms. The van der Waals surface area contributed by atoms with Crippen molar-refractivity contribution >= 4 is 5.91 Å². The molecule has 2 aromatic rings. The summed E-state index contributed by atoms with van der Waals surface area (Å²) in [6.45, 7) is 2.49. The van der Waals surface area contributed by atoms with Crippen molar-refractivity contribution in [3.63, 3.8) is 0 Å². The molecule has 0 bridgehead atoms. The van der Waals surface area contributed by atoms with Crippen LogP contribution < -0.4 is 10.1 Å². The highest BCUT2D eigenvalue weighted by molar-refractivity contribution is 5.91. The van der Waals surface area contributed by atoms with Gasteiger partial charge in [0.2, 0.25) is 0 Å². The third-order valence-corrected chi connectivity index (χ3v) is 3.64. The Morgan fingerprint density at radius 1 is 1.23 bits per heavy atom. The molecule has 1 aromatic heterocycles. The average Bonchev–Trinajstić information content (AvgIpc) is 3.21. The quantitative estimate of drug-likeness (QED) is 0.848. The predicted octanol–water partition coefficient (Wildman–Crippen LogP) is 3.70. The maximum absolute atomic E-state index is 11.8. The van der Waals surface area contributed by atoms with Gasteiger partial charge in [-0.15, -0.1) is 0 Å². The van der Waals surface area contributed by atoms with Crippen LogP contribution in [0.4, 0.5) is 0 Å². The molecule has 0 spiro atoms. The van der Waals surface area contributed by atoms with Crippen LogP contribution in [0.5, 0.6) is 5.75 Å². The number of hydrogen-bond acceptors (Lipinski definition) is 3. The molecule has 0 atom stereocenters. The normalized spacial score (nSPS) is 13.9. The molecular formula is C18H21NO3. The van der Waals surface area contributed by atoms with Crippen molar-refractivity contribution in [1.82, 2.24) is 5.32 Å². The molecule has 1 amide bonds. The molecule has 0 aliphatic heterocycles. The molecule has 1 saturated carbocycles. The molecule has 4 nitrogen and oxygen atoms in total. The first-order valence-electron chi connectivity index (χ1n) is 7.86. The first-order valence-corrected chi connectivity index (χ1v) is 7.86. The fourth-order valence-corrected chi connectivity index (χ4v) is 2.26. The fourth-order valence-electron chi connectivity index (χ4n) is 2.26. The molecule has 1 aromatic carbocycles. The van der Waals surface area contributed by atoms with E-state index in [0.717, 1.165) is 31.4 Å². The molecule has 0 saturated heterocycles. The SMILES string of the molecule is CCCc1ccc(OCc2ccc(C(=O)NC3CC3)o2)cc1. The monoisotopic (exact) mass is 299 g/mol. The lowest BCUT2D eigenvalue weighted by molar-refractivity contribution is 0.0919. The highest BCUT2D eigenvalue weighted by Crippen LogP contribution is 2.20. The second kappa shape index (κ2) is 6.69. The molecule has 1 fully saturated rings. The van der Waals surface area contributed by atoms with E-state index in [4.69, 9.17) is 9.15 Å². The molecule has 0 unspecified atom stereocenters. The van der Waals surface area contributed by atoms with E-state index in [2.05, 4.69) is 24.4 Å². The van der Waals surface area contributed by atoms with Gasteiger partial charge in [-0.2, -0.15) is 0 Å². The van der Waals surface area contributed by atoms with E-state index in [0.29, 0.717) is 24.2 Å². The van der Waals surface area contributed by atoms with Crippen molar-refractivity contribution in [1.29, 1.82) is 0 Å². The highest BCUT2D eigenvalue weighted by Gasteiger charge is 2.25. The number of aryl methyl sites for hydroxylation is 1. The van der Waals surface area contributed by atoms with Crippen LogP contribution in [0.3, 0.4) is 0 Å². The van der Waals surface area contributed by atoms with Gasteiger partial charge in [0, 0.05) is 6.04 Å². The Bertz CT molecular complexity index is 626. The summed E-state index contributed by atoms with van der Waals surface area (Å²) >= 11 is 0. The van der Waals surface area contributed by atoms with Crippen molar-refractivity contribution in [2.45, 2.75) is 45.3 Å². The molecule has 3 rings (SSSR count). The maximum atomic E-state index is 11.8. The van der Waals surface area contributed by atoms with Crippen LogP contribution >= 0.6 is 0 Å². The zero-order valence-corrected chi connectivity index (χ0v) is 12.8. The van der Waals surface area contributed by atoms with Gasteiger partial charge < -0.3 is 14.5 Å². The number of ether oxygens (including phenoxy) is 1. The Balaban J connectivity index is 1.52. The van der Waals surface area contributed by atoms with Gasteiger partial charge >= 0.3 is 0 Å². The molecule has 1 aliphatic rings. The molecule has 0 radical (unpaired) electrons. The van der Waals surface area contributed by atoms with Gasteiger partial charge in [0.25, 0.3) is 5.91 Å². The molecule has 116 valence electrons. The Morgan fingerprint density at radius 3 is 2.68 bits per heavy atom. The van der Waals surface area contributed by atoms with Crippen molar-refractivity contribution in [3.8, 4) is 5.75 Å². The summed E-state index contributed by atoms with van der Waals surface area (Å²) in [7, 11) is 0. The number of rotatable bonds is 7. The summed E-state index contributed by atoms with van der Waals surface area (Å²) in [5.41, 5.74) is 1.31. The van der Waals surface area contributed by atoms with Gasteiger partial charge in [-0.25, -0.2) is 0 Å². The number of benzene rings is 1. The summed E-state index contributed by atoms with van der Waals surface area (Å²) in [5.74, 6) is 1.67. The van der Waals surface area contributed by atoms with Crippen molar-refractivity contribution in [3.05, 3.63) is 53.5 Å². The van der Waals surface area contributed by atoms with E-state index in [1.54, 1.807) is 12.1 Å². The van der Waals surface area contributed by atoms with Crippen LogP contribution in [0.15, 0.2) is 40.8 Å². The number of amides is 1. The van der Waals surface area contributed by atoms with E-state index < -0.39 is 0 Å². The number of carbonyl (C=O) groups is 1. The van der Waals surface area contributed by atoms with Crippen LogP contribution in [-0.4, -0.2) is 11.9 Å². The summed E-state index contributed by atoms with van der Waals surface area (Å²) < 4.78 is 11.2. The van der Waals surface area contributed by atoms with Crippen LogP contribution in [-0.2, 0) is 13.0 Å². The van der Waals surface area contributed by atoms with Gasteiger partial charge in [-0.1, -0.05) is 25.5 Å². The maximum Gasteiger partial charge on any atom is 0.287 e. The molecule has 4 heteroatoms. The zero-order chi connectivity index (χ0) is 15.4. The van der Waals surface area contributed by atoms with Crippen LogP contribution in [0.1, 0.15) is 48.1 Å². The van der Waals surface area contributed by atoms with E-state index in [-0.39, 0.29) is 5.91 Å². The summed E-state index contributed by atoms with van der Waals surface area (Å²) in [6, 6.07) is 11.9. The molecule has 1 N–H and O–H groups in total. The summed E-state index contributed by atoms with van der Waals surface area (Å²) in [6.07, 6.45) is 4.35. The minimum absolute atomic E-state index is 0.141. The second-order valence-electron chi connectivity index (χ2n) is 5.70. The lowest BCUT2D eigenvalue weighted by Gasteiger charge is -2.05. The lowest BCUT2D eigenvalue weighted by Crippen LogP contribution is -2.24. The number of hydrogen-bond donors (Lipinski definition) is 1. The van der Waals surface area contributed by atoms with Crippen LogP contribution in [0, 0.1) is 0 Å². The minimum Gasteiger partial charge on any atom is -0.486 e. The lowest BCUT2D eigenvalue weighted by atomic mass is 10.1. The second-order valence-corrected chi connectivity index (χ2v) is 5.70. The fraction of sp³-hybridized carbons (Fsp3) is 0.389. The van der Waals surface area contributed by atoms with Crippen LogP contribution in [0.2, 0.25) is 0 Å². The van der Waals surface area contributed by atoms with E-state index in [1.165, 1.54) is 5.56 Å². The van der Waals surface area contributed by atoms with E-state index in [1.807, 2.05) is 12.1 Å². The zero-order valence-electron chi connectivity index (χ0n) is 12.8. The Labute approximate surface area is 130 Å². The first-order chi connectivity index (χ1) is 10.7. The molecular weight excluding hydrogens is 278 g/mol. The third-order valence-electron chi connectivity index (χ3n) is 3.64. The van der Waals surface area contributed by atoms with Crippen LogP contribution in [0.25, 0.3) is 0 Å². The van der Waals surface area contributed by atoms with Gasteiger partial charge in [0.15, 0.2) is 5.76 Å². The first kappa shape index (κ1) is 14.7. The predicted molar refractivity (Wildman–Crippen MR) is 84.0 cm³/mol. The average molecular weight is 299 g/mol. The van der Waals surface area contributed by atoms with Crippen molar-refractivity contribution in [2.24, 2.45) is 0 Å². The highest BCUT2D eigenvalue weighted by atomic mass is 16.5. The van der Waals surface area contributed by atoms with Gasteiger partial charge in [-0.05, 0) is 49.1 Å². The van der Waals surface area contributed by atoms with Crippen molar-refractivity contribution in [2.75, 3.05) is 0 Å². The Morgan fingerprint density at radius 2 is 2.00 bits per heavy atom. The van der Waals surface area contributed by atoms with E-state index in [9.17, 15) is 4.79 Å². The van der Waals surface area contributed by atoms with Crippen molar-refractivity contribution < 1.29 is 13.9 Å². The smallest absolute Gasteiger partial charge is 0.287 e. The minimum atomic E-state index is -0.141. The summed E-state index contributed by atoms with van der Waals surface area (Å²) in [4.78, 5) is 11.8.